The lowest BCUT2D eigenvalue weighted by Crippen LogP contribution is -2.16. The molecule has 0 saturated carbocycles. The Morgan fingerprint density at radius 1 is 1.14 bits per heavy atom. The lowest BCUT2D eigenvalue weighted by Gasteiger charge is -2.17. The maximum Gasteiger partial charge on any atom is 0.342 e. The topological polar surface area (TPSA) is 105 Å². The molecule has 7 nitrogen and oxygen atoms in total. The summed E-state index contributed by atoms with van der Waals surface area (Å²) in [5, 5.41) is 24.0. The molecular weight excluding hydrogens is 493 g/mol. The lowest BCUT2D eigenvalue weighted by molar-refractivity contribution is 0.0204. The van der Waals surface area contributed by atoms with Gasteiger partial charge in [-0.3, -0.25) is 0 Å². The first-order chi connectivity index (χ1) is 16.7. The molecular formula is C26H23Cl2NO6. The van der Waals surface area contributed by atoms with Gasteiger partial charge < -0.3 is 25.0 Å². The Morgan fingerprint density at radius 3 is 2.69 bits per heavy atom. The summed E-state index contributed by atoms with van der Waals surface area (Å²) in [7, 11) is 0. The fraction of sp³-hybridized carbons (Fsp3) is 0.231. The molecule has 1 aliphatic rings. The summed E-state index contributed by atoms with van der Waals surface area (Å²) in [5.41, 5.74) is 2.42. The zero-order valence-corrected chi connectivity index (χ0v) is 20.3. The summed E-state index contributed by atoms with van der Waals surface area (Å²) in [4.78, 5) is 24.5. The standard InChI is InChI=1S/C26H23Cl2NO6/c1-14(6-9-23-18-4-2-3-5-19(18)25(32)35-23)34-26(33)20-8-7-17(12-22(20)30)29-13-15-10-16(27)11-21(28)24(15)31/h2-5,7-8,10-12,14,23,29-31H,6,9,13H2,1H3. The van der Waals surface area contributed by atoms with Gasteiger partial charge in [0.2, 0.25) is 0 Å². The second-order valence-electron chi connectivity index (χ2n) is 8.26. The zero-order chi connectivity index (χ0) is 25.1. The van der Waals surface area contributed by atoms with Gasteiger partial charge in [0, 0.05) is 34.4 Å². The average Bonchev–Trinajstić information content (AvgIpc) is 3.14. The van der Waals surface area contributed by atoms with E-state index in [-0.39, 0.29) is 40.7 Å². The van der Waals surface area contributed by atoms with Crippen LogP contribution in [0, 0.1) is 0 Å². The summed E-state index contributed by atoms with van der Waals surface area (Å²) >= 11 is 11.9. The molecule has 0 spiro atoms. The van der Waals surface area contributed by atoms with Gasteiger partial charge in [-0.25, -0.2) is 9.59 Å². The van der Waals surface area contributed by atoms with E-state index in [9.17, 15) is 19.8 Å². The van der Waals surface area contributed by atoms with Crippen molar-refractivity contribution in [2.24, 2.45) is 0 Å². The normalized spacial score (nSPS) is 15.3. The molecule has 0 amide bonds. The minimum absolute atomic E-state index is 0.0219. The van der Waals surface area contributed by atoms with E-state index in [4.69, 9.17) is 32.7 Å². The third kappa shape index (κ3) is 5.63. The van der Waals surface area contributed by atoms with Crippen LogP contribution in [-0.4, -0.2) is 28.3 Å². The highest BCUT2D eigenvalue weighted by Crippen LogP contribution is 2.35. The molecule has 3 aromatic carbocycles. The van der Waals surface area contributed by atoms with Crippen molar-refractivity contribution >= 4 is 40.8 Å². The number of aromatic hydroxyl groups is 2. The molecule has 9 heteroatoms. The van der Waals surface area contributed by atoms with Crippen molar-refractivity contribution in [3.8, 4) is 11.5 Å². The fourth-order valence-corrected chi connectivity index (χ4v) is 4.43. The number of anilines is 1. The number of rotatable bonds is 8. The quantitative estimate of drug-likeness (QED) is 0.304. The molecule has 3 N–H and O–H groups in total. The van der Waals surface area contributed by atoms with E-state index in [1.165, 1.54) is 18.2 Å². The van der Waals surface area contributed by atoms with E-state index in [2.05, 4.69) is 5.32 Å². The van der Waals surface area contributed by atoms with Gasteiger partial charge >= 0.3 is 11.9 Å². The van der Waals surface area contributed by atoms with Crippen molar-refractivity contribution in [2.75, 3.05) is 5.32 Å². The number of ether oxygens (including phenoxy) is 2. The fourth-order valence-electron chi connectivity index (χ4n) is 3.89. The molecule has 4 rings (SSSR count). The molecule has 0 aliphatic carbocycles. The van der Waals surface area contributed by atoms with Crippen LogP contribution < -0.4 is 5.32 Å². The summed E-state index contributed by atoms with van der Waals surface area (Å²) in [6.07, 6.45) is 0.158. The van der Waals surface area contributed by atoms with Crippen molar-refractivity contribution in [2.45, 2.75) is 38.5 Å². The molecule has 35 heavy (non-hydrogen) atoms. The van der Waals surface area contributed by atoms with Crippen LogP contribution in [0.15, 0.2) is 54.6 Å². The summed E-state index contributed by atoms with van der Waals surface area (Å²) in [6.45, 7) is 1.94. The Balaban J connectivity index is 1.32. The SMILES string of the molecule is CC(CCC1OC(=O)c2ccccc21)OC(=O)c1ccc(NCc2cc(Cl)cc(Cl)c2O)cc1O. The van der Waals surface area contributed by atoms with E-state index in [0.717, 1.165) is 5.56 Å². The van der Waals surface area contributed by atoms with Crippen molar-refractivity contribution in [3.63, 3.8) is 0 Å². The van der Waals surface area contributed by atoms with Crippen LogP contribution in [-0.2, 0) is 16.0 Å². The number of halogens is 2. The van der Waals surface area contributed by atoms with Gasteiger partial charge in [-0.1, -0.05) is 41.4 Å². The maximum absolute atomic E-state index is 12.6. The number of carbonyl (C=O) groups excluding carboxylic acids is 2. The number of phenols is 2. The van der Waals surface area contributed by atoms with Crippen LogP contribution >= 0.6 is 23.2 Å². The van der Waals surface area contributed by atoms with Gasteiger partial charge in [-0.05, 0) is 50.1 Å². The number of benzene rings is 3. The van der Waals surface area contributed by atoms with Crippen molar-refractivity contribution in [1.82, 2.24) is 0 Å². The minimum Gasteiger partial charge on any atom is -0.507 e. The average molecular weight is 516 g/mol. The smallest absolute Gasteiger partial charge is 0.342 e. The van der Waals surface area contributed by atoms with Crippen LogP contribution in [0.25, 0.3) is 0 Å². The van der Waals surface area contributed by atoms with Crippen LogP contribution in [0.5, 0.6) is 11.5 Å². The Labute approximate surface area is 212 Å². The molecule has 0 radical (unpaired) electrons. The van der Waals surface area contributed by atoms with Crippen LogP contribution in [0.4, 0.5) is 5.69 Å². The number of hydrogen-bond acceptors (Lipinski definition) is 7. The Morgan fingerprint density at radius 2 is 1.91 bits per heavy atom. The van der Waals surface area contributed by atoms with Crippen LogP contribution in [0.3, 0.4) is 0 Å². The van der Waals surface area contributed by atoms with Crippen molar-refractivity contribution in [3.05, 3.63) is 86.9 Å². The number of hydrogen-bond donors (Lipinski definition) is 3. The molecule has 182 valence electrons. The van der Waals surface area contributed by atoms with Gasteiger partial charge in [-0.15, -0.1) is 0 Å². The van der Waals surface area contributed by atoms with E-state index in [1.54, 1.807) is 31.2 Å². The van der Waals surface area contributed by atoms with E-state index in [1.807, 2.05) is 12.1 Å². The lowest BCUT2D eigenvalue weighted by atomic mass is 10.0. The third-order valence-corrected chi connectivity index (χ3v) is 6.23. The van der Waals surface area contributed by atoms with Crippen molar-refractivity contribution < 1.29 is 29.3 Å². The molecule has 0 fully saturated rings. The highest BCUT2D eigenvalue weighted by atomic mass is 35.5. The number of cyclic esters (lactones) is 1. The first-order valence-electron chi connectivity index (χ1n) is 11.0. The Kier molecular flexibility index (Phi) is 7.38. The van der Waals surface area contributed by atoms with Crippen LogP contribution in [0.2, 0.25) is 10.0 Å². The molecule has 3 aromatic rings. The van der Waals surface area contributed by atoms with Gasteiger partial charge in [0.15, 0.2) is 0 Å². The Hall–Kier alpha value is -3.42. The first kappa shape index (κ1) is 24.7. The second-order valence-corrected chi connectivity index (χ2v) is 9.10. The van der Waals surface area contributed by atoms with E-state index < -0.39 is 12.1 Å². The monoisotopic (exact) mass is 515 g/mol. The van der Waals surface area contributed by atoms with E-state index >= 15 is 0 Å². The Bertz CT molecular complexity index is 1280. The summed E-state index contributed by atoms with van der Waals surface area (Å²) in [5.74, 6) is -1.34. The van der Waals surface area contributed by atoms with Crippen LogP contribution in [0.1, 0.15) is 57.7 Å². The molecule has 0 aromatic heterocycles. The molecule has 0 bridgehead atoms. The predicted octanol–water partition coefficient (Wildman–Crippen LogP) is 6.25. The highest BCUT2D eigenvalue weighted by molar-refractivity contribution is 6.35. The molecule has 2 unspecified atom stereocenters. The number of phenolic OH excluding ortho intramolecular Hbond substituents is 2. The van der Waals surface area contributed by atoms with Gasteiger partial charge in [0.25, 0.3) is 0 Å². The van der Waals surface area contributed by atoms with Gasteiger partial charge in [0.05, 0.1) is 16.7 Å². The van der Waals surface area contributed by atoms with E-state index in [0.29, 0.717) is 34.7 Å². The molecule has 1 aliphatic heterocycles. The summed E-state index contributed by atoms with van der Waals surface area (Å²) in [6, 6.07) is 14.7. The number of fused-ring (bicyclic) bond motifs is 1. The maximum atomic E-state index is 12.6. The minimum atomic E-state index is -0.662. The highest BCUT2D eigenvalue weighted by Gasteiger charge is 2.30. The first-order valence-corrected chi connectivity index (χ1v) is 11.7. The van der Waals surface area contributed by atoms with Gasteiger partial charge in [0.1, 0.15) is 23.2 Å². The summed E-state index contributed by atoms with van der Waals surface area (Å²) < 4.78 is 10.9. The molecule has 0 saturated heterocycles. The third-order valence-electron chi connectivity index (χ3n) is 5.73. The second kappa shape index (κ2) is 10.5. The largest absolute Gasteiger partial charge is 0.507 e. The number of nitrogens with one attached hydrogen (secondary N) is 1. The van der Waals surface area contributed by atoms with Crippen molar-refractivity contribution in [1.29, 1.82) is 0 Å². The zero-order valence-electron chi connectivity index (χ0n) is 18.8. The van der Waals surface area contributed by atoms with Gasteiger partial charge in [-0.2, -0.15) is 0 Å². The predicted molar refractivity (Wildman–Crippen MR) is 132 cm³/mol. The number of esters is 2. The molecule has 1 heterocycles. The molecule has 2 atom stereocenters. The number of carbonyl (C=O) groups is 2.